The molecule has 0 fully saturated rings. The molecule has 0 aliphatic carbocycles. The van der Waals surface area contributed by atoms with E-state index in [1.807, 2.05) is 6.07 Å². The number of hydrogen-bond acceptors (Lipinski definition) is 4. The Morgan fingerprint density at radius 1 is 1.08 bits per heavy atom. The maximum absolute atomic E-state index is 14.3. The van der Waals surface area contributed by atoms with Crippen molar-refractivity contribution >= 4 is 25.8 Å². The van der Waals surface area contributed by atoms with Crippen molar-refractivity contribution in [3.8, 4) is 22.4 Å². The third-order valence-corrected chi connectivity index (χ3v) is 5.24. The van der Waals surface area contributed by atoms with Gasteiger partial charge in [0.05, 0.1) is 5.56 Å². The molecule has 2 aromatic carbocycles. The van der Waals surface area contributed by atoms with Crippen molar-refractivity contribution in [2.75, 3.05) is 6.26 Å². The first kappa shape index (κ1) is 17.8. The average Bonchev–Trinajstić information content (AvgIpc) is 2.86. The van der Waals surface area contributed by atoms with Gasteiger partial charge in [-0.25, -0.2) is 17.2 Å². The van der Waals surface area contributed by atoms with Crippen LogP contribution in [0.15, 0.2) is 50.3 Å². The van der Waals surface area contributed by atoms with E-state index in [0.717, 1.165) is 22.9 Å². The second-order valence-corrected chi connectivity index (χ2v) is 8.38. The summed E-state index contributed by atoms with van der Waals surface area (Å²) in [5.74, 6) is -1.95. The number of benzene rings is 2. The molecule has 0 saturated carbocycles. The van der Waals surface area contributed by atoms with Gasteiger partial charge in [0.15, 0.2) is 9.84 Å². The topological polar surface area (TPSA) is 60.2 Å². The summed E-state index contributed by atoms with van der Waals surface area (Å²) in [4.78, 5) is -0.950. The molecule has 0 spiro atoms. The van der Waals surface area contributed by atoms with E-state index in [2.05, 4.69) is 21.1 Å². The summed E-state index contributed by atoms with van der Waals surface area (Å²) in [5.41, 5.74) is 1.64. The van der Waals surface area contributed by atoms with Crippen LogP contribution in [0.3, 0.4) is 0 Å². The Kier molecular flexibility index (Phi) is 4.51. The largest absolute Gasteiger partial charge is 0.360 e. The highest BCUT2D eigenvalue weighted by atomic mass is 79.9. The lowest BCUT2D eigenvalue weighted by Gasteiger charge is -2.08. The number of rotatable bonds is 3. The Bertz CT molecular complexity index is 1050. The third kappa shape index (κ3) is 3.36. The summed E-state index contributed by atoms with van der Waals surface area (Å²) in [7, 11) is -4.02. The van der Waals surface area contributed by atoms with E-state index in [9.17, 15) is 17.2 Å². The van der Waals surface area contributed by atoms with Crippen LogP contribution in [0.5, 0.6) is 0 Å². The average molecular weight is 428 g/mol. The number of aromatic nitrogens is 1. The van der Waals surface area contributed by atoms with Gasteiger partial charge >= 0.3 is 0 Å². The minimum absolute atomic E-state index is 0.149. The second-order valence-electron chi connectivity index (χ2n) is 5.51. The molecule has 0 radical (unpaired) electrons. The molecule has 0 aliphatic heterocycles. The molecule has 0 saturated heterocycles. The highest BCUT2D eigenvalue weighted by Gasteiger charge is 2.24. The van der Waals surface area contributed by atoms with Gasteiger partial charge in [-0.2, -0.15) is 0 Å². The van der Waals surface area contributed by atoms with E-state index >= 15 is 0 Å². The van der Waals surface area contributed by atoms with Crippen molar-refractivity contribution in [1.82, 2.24) is 5.16 Å². The minimum atomic E-state index is -4.02. The molecule has 3 rings (SSSR count). The van der Waals surface area contributed by atoms with Crippen LogP contribution in [0, 0.1) is 18.6 Å². The van der Waals surface area contributed by atoms with Gasteiger partial charge in [-0.1, -0.05) is 33.2 Å². The molecule has 0 bridgehead atoms. The molecule has 3 aromatic rings. The van der Waals surface area contributed by atoms with Crippen LogP contribution >= 0.6 is 15.9 Å². The summed E-state index contributed by atoms with van der Waals surface area (Å²) in [5, 5.41) is 3.98. The fraction of sp³-hybridized carbons (Fsp3) is 0.118. The quantitative estimate of drug-likeness (QED) is 0.604. The summed E-state index contributed by atoms with van der Waals surface area (Å²) in [6.45, 7) is 1.62. The Morgan fingerprint density at radius 2 is 1.72 bits per heavy atom. The normalized spacial score (nSPS) is 11.7. The molecule has 4 nitrogen and oxygen atoms in total. The van der Waals surface area contributed by atoms with Gasteiger partial charge in [0, 0.05) is 16.3 Å². The van der Waals surface area contributed by atoms with Crippen molar-refractivity contribution in [3.63, 3.8) is 0 Å². The van der Waals surface area contributed by atoms with E-state index in [1.165, 1.54) is 0 Å². The van der Waals surface area contributed by atoms with Crippen molar-refractivity contribution in [2.45, 2.75) is 11.8 Å². The molecular formula is C17H12BrF2NO3S. The molecule has 0 unspecified atom stereocenters. The first-order chi connectivity index (χ1) is 11.7. The monoisotopic (exact) mass is 427 g/mol. The fourth-order valence-electron chi connectivity index (χ4n) is 2.60. The summed E-state index contributed by atoms with van der Waals surface area (Å²) >= 11 is 3.36. The molecule has 1 heterocycles. The smallest absolute Gasteiger partial charge is 0.181 e. The number of nitrogens with zero attached hydrogens (tertiary/aromatic N) is 1. The summed E-state index contributed by atoms with van der Waals surface area (Å²) in [6, 6.07) is 9.14. The van der Waals surface area contributed by atoms with Crippen molar-refractivity contribution in [2.24, 2.45) is 0 Å². The Labute approximate surface area is 151 Å². The van der Waals surface area contributed by atoms with Gasteiger partial charge in [0.2, 0.25) is 0 Å². The molecule has 1 aromatic heterocycles. The summed E-state index contributed by atoms with van der Waals surface area (Å²) in [6.07, 6.45) is 0.756. The first-order valence-electron chi connectivity index (χ1n) is 7.10. The van der Waals surface area contributed by atoms with Gasteiger partial charge in [-0.15, -0.1) is 0 Å². The predicted molar refractivity (Wildman–Crippen MR) is 92.8 cm³/mol. The van der Waals surface area contributed by atoms with Crippen LogP contribution in [-0.2, 0) is 9.84 Å². The maximum Gasteiger partial charge on any atom is 0.181 e. The molecule has 0 N–H and O–H groups in total. The SMILES string of the molecule is Cc1onc(-c2cccc(Br)c2)c1-c1cc(F)c(S(C)(=O)=O)c(F)c1. The molecule has 130 valence electrons. The van der Waals surface area contributed by atoms with E-state index in [4.69, 9.17) is 4.52 Å². The number of sulfone groups is 1. The molecule has 25 heavy (non-hydrogen) atoms. The Balaban J connectivity index is 2.24. The number of halogens is 3. The molecule has 0 aliphatic rings. The zero-order valence-corrected chi connectivity index (χ0v) is 15.6. The van der Waals surface area contributed by atoms with Gasteiger partial charge in [0.1, 0.15) is 28.0 Å². The van der Waals surface area contributed by atoms with Gasteiger partial charge in [-0.05, 0) is 36.8 Å². The standard InChI is InChI=1S/C17H12BrF2NO3S/c1-9-15(16(21-24-9)10-4-3-5-12(18)6-10)11-7-13(19)17(14(20)8-11)25(2,22)23/h3-8H,1-2H3. The van der Waals surface area contributed by atoms with Crippen LogP contribution in [0.4, 0.5) is 8.78 Å². The Morgan fingerprint density at radius 3 is 2.28 bits per heavy atom. The lowest BCUT2D eigenvalue weighted by atomic mass is 9.99. The zero-order valence-electron chi connectivity index (χ0n) is 13.2. The Hall–Kier alpha value is -2.06. The van der Waals surface area contributed by atoms with Crippen molar-refractivity contribution < 1.29 is 21.7 Å². The fourth-order valence-corrected chi connectivity index (χ4v) is 3.83. The van der Waals surface area contributed by atoms with Crippen LogP contribution in [0.25, 0.3) is 22.4 Å². The lowest BCUT2D eigenvalue weighted by Crippen LogP contribution is -2.05. The maximum atomic E-state index is 14.3. The number of aryl methyl sites for hydroxylation is 1. The van der Waals surface area contributed by atoms with Crippen molar-refractivity contribution in [1.29, 1.82) is 0 Å². The third-order valence-electron chi connectivity index (χ3n) is 3.62. The van der Waals surface area contributed by atoms with Gasteiger partial charge in [0.25, 0.3) is 0 Å². The second kappa shape index (κ2) is 6.34. The van der Waals surface area contributed by atoms with E-state index in [-0.39, 0.29) is 5.56 Å². The van der Waals surface area contributed by atoms with Crippen LogP contribution in [-0.4, -0.2) is 19.8 Å². The highest BCUT2D eigenvalue weighted by molar-refractivity contribution is 9.10. The number of hydrogen-bond donors (Lipinski definition) is 0. The van der Waals surface area contributed by atoms with Gasteiger partial charge < -0.3 is 4.52 Å². The zero-order chi connectivity index (χ0) is 18.4. The molecule has 0 amide bonds. The van der Waals surface area contributed by atoms with Gasteiger partial charge in [-0.3, -0.25) is 0 Å². The van der Waals surface area contributed by atoms with E-state index < -0.39 is 26.4 Å². The molecule has 8 heteroatoms. The van der Waals surface area contributed by atoms with E-state index in [1.54, 1.807) is 25.1 Å². The predicted octanol–water partition coefficient (Wildman–Crippen LogP) is 4.76. The van der Waals surface area contributed by atoms with Crippen LogP contribution in [0.2, 0.25) is 0 Å². The van der Waals surface area contributed by atoms with E-state index in [0.29, 0.717) is 22.6 Å². The van der Waals surface area contributed by atoms with Crippen LogP contribution < -0.4 is 0 Å². The minimum Gasteiger partial charge on any atom is -0.360 e. The lowest BCUT2D eigenvalue weighted by molar-refractivity contribution is 0.400. The van der Waals surface area contributed by atoms with Crippen molar-refractivity contribution in [3.05, 3.63) is 58.3 Å². The summed E-state index contributed by atoms with van der Waals surface area (Å²) < 4.78 is 57.6. The molecule has 0 atom stereocenters. The van der Waals surface area contributed by atoms with Crippen LogP contribution in [0.1, 0.15) is 5.76 Å². The highest BCUT2D eigenvalue weighted by Crippen LogP contribution is 2.37. The molecular weight excluding hydrogens is 416 g/mol. The first-order valence-corrected chi connectivity index (χ1v) is 9.78.